The SMILES string of the molecule is CCCOCCOc1ccc(F)c(Br)c1. The molecule has 0 aliphatic heterocycles. The topological polar surface area (TPSA) is 18.5 Å². The van der Waals surface area contributed by atoms with Crippen LogP contribution < -0.4 is 4.74 Å². The van der Waals surface area contributed by atoms with Gasteiger partial charge in [0.25, 0.3) is 0 Å². The predicted octanol–water partition coefficient (Wildman–Crippen LogP) is 3.39. The van der Waals surface area contributed by atoms with Crippen molar-refractivity contribution >= 4 is 15.9 Å². The van der Waals surface area contributed by atoms with Gasteiger partial charge in [-0.25, -0.2) is 4.39 Å². The Morgan fingerprint density at radius 2 is 2.07 bits per heavy atom. The summed E-state index contributed by atoms with van der Waals surface area (Å²) >= 11 is 3.09. The molecular weight excluding hydrogens is 263 g/mol. The van der Waals surface area contributed by atoms with Crippen LogP contribution in [-0.4, -0.2) is 19.8 Å². The molecular formula is C11H14BrFO2. The summed E-state index contributed by atoms with van der Waals surface area (Å²) in [7, 11) is 0. The van der Waals surface area contributed by atoms with E-state index in [1.165, 1.54) is 6.07 Å². The van der Waals surface area contributed by atoms with Crippen LogP contribution in [-0.2, 0) is 4.74 Å². The number of benzene rings is 1. The van der Waals surface area contributed by atoms with Crippen LogP contribution in [0, 0.1) is 5.82 Å². The normalized spacial score (nSPS) is 10.3. The molecule has 0 saturated heterocycles. The minimum absolute atomic E-state index is 0.287. The maximum atomic E-state index is 12.9. The Morgan fingerprint density at radius 3 is 2.73 bits per heavy atom. The zero-order chi connectivity index (χ0) is 11.1. The first-order valence-electron chi connectivity index (χ1n) is 4.89. The standard InChI is InChI=1S/C11H14BrFO2/c1-2-5-14-6-7-15-9-3-4-11(13)10(12)8-9/h3-4,8H,2,5-7H2,1H3. The van der Waals surface area contributed by atoms with Crippen LogP contribution in [0.1, 0.15) is 13.3 Å². The number of halogens is 2. The molecule has 15 heavy (non-hydrogen) atoms. The molecule has 0 N–H and O–H groups in total. The Balaban J connectivity index is 2.28. The third-order valence-corrected chi connectivity index (χ3v) is 2.34. The molecule has 1 aromatic carbocycles. The van der Waals surface area contributed by atoms with E-state index in [2.05, 4.69) is 22.9 Å². The number of ether oxygens (including phenoxy) is 2. The Bertz CT molecular complexity index is 305. The summed E-state index contributed by atoms with van der Waals surface area (Å²) in [4.78, 5) is 0. The molecule has 0 aliphatic carbocycles. The van der Waals surface area contributed by atoms with Gasteiger partial charge in [-0.1, -0.05) is 6.92 Å². The van der Waals surface area contributed by atoms with Gasteiger partial charge in [-0.05, 0) is 40.5 Å². The molecule has 0 spiro atoms. The van der Waals surface area contributed by atoms with E-state index in [9.17, 15) is 4.39 Å². The first kappa shape index (κ1) is 12.5. The lowest BCUT2D eigenvalue weighted by Crippen LogP contribution is -2.07. The first-order valence-corrected chi connectivity index (χ1v) is 5.69. The highest BCUT2D eigenvalue weighted by Gasteiger charge is 2.00. The summed E-state index contributed by atoms with van der Waals surface area (Å²) in [6.45, 7) is 3.84. The van der Waals surface area contributed by atoms with Crippen molar-refractivity contribution in [2.75, 3.05) is 19.8 Å². The van der Waals surface area contributed by atoms with Gasteiger partial charge in [-0.15, -0.1) is 0 Å². The average molecular weight is 277 g/mol. The predicted molar refractivity (Wildman–Crippen MR) is 60.7 cm³/mol. The van der Waals surface area contributed by atoms with Crippen molar-refractivity contribution in [2.45, 2.75) is 13.3 Å². The van der Waals surface area contributed by atoms with E-state index in [-0.39, 0.29) is 5.82 Å². The fraction of sp³-hybridized carbons (Fsp3) is 0.455. The molecule has 2 nitrogen and oxygen atoms in total. The average Bonchev–Trinajstić information content (AvgIpc) is 2.23. The second-order valence-electron chi connectivity index (χ2n) is 3.04. The van der Waals surface area contributed by atoms with Gasteiger partial charge in [0.2, 0.25) is 0 Å². The summed E-state index contributed by atoms with van der Waals surface area (Å²) in [6.07, 6.45) is 1.00. The van der Waals surface area contributed by atoms with Crippen LogP contribution >= 0.6 is 15.9 Å². The minimum Gasteiger partial charge on any atom is -0.491 e. The molecule has 0 bridgehead atoms. The molecule has 0 radical (unpaired) electrons. The van der Waals surface area contributed by atoms with E-state index in [1.807, 2.05) is 0 Å². The number of hydrogen-bond donors (Lipinski definition) is 0. The highest BCUT2D eigenvalue weighted by atomic mass is 79.9. The highest BCUT2D eigenvalue weighted by Crippen LogP contribution is 2.21. The molecule has 4 heteroatoms. The van der Waals surface area contributed by atoms with Gasteiger partial charge in [-0.2, -0.15) is 0 Å². The van der Waals surface area contributed by atoms with E-state index < -0.39 is 0 Å². The number of hydrogen-bond acceptors (Lipinski definition) is 2. The van der Waals surface area contributed by atoms with Gasteiger partial charge in [0.1, 0.15) is 18.2 Å². The van der Waals surface area contributed by atoms with E-state index >= 15 is 0 Å². The maximum Gasteiger partial charge on any atom is 0.137 e. The fourth-order valence-corrected chi connectivity index (χ4v) is 1.39. The Labute approximate surface area is 97.5 Å². The zero-order valence-corrected chi connectivity index (χ0v) is 10.2. The Kier molecular flexibility index (Phi) is 5.65. The Morgan fingerprint density at radius 1 is 1.27 bits per heavy atom. The van der Waals surface area contributed by atoms with Crippen LogP contribution in [0.4, 0.5) is 4.39 Å². The van der Waals surface area contributed by atoms with Crippen molar-refractivity contribution < 1.29 is 13.9 Å². The summed E-state index contributed by atoms with van der Waals surface area (Å²) in [6, 6.07) is 4.57. The summed E-state index contributed by atoms with van der Waals surface area (Å²) in [5, 5.41) is 0. The quantitative estimate of drug-likeness (QED) is 0.742. The molecule has 0 amide bonds. The monoisotopic (exact) mass is 276 g/mol. The van der Waals surface area contributed by atoms with Crippen LogP contribution in [0.5, 0.6) is 5.75 Å². The molecule has 1 aromatic rings. The van der Waals surface area contributed by atoms with E-state index in [0.29, 0.717) is 23.4 Å². The molecule has 0 fully saturated rings. The van der Waals surface area contributed by atoms with Gasteiger partial charge in [-0.3, -0.25) is 0 Å². The molecule has 84 valence electrons. The maximum absolute atomic E-state index is 12.9. The number of rotatable bonds is 6. The van der Waals surface area contributed by atoms with Gasteiger partial charge in [0.05, 0.1) is 11.1 Å². The van der Waals surface area contributed by atoms with Crippen molar-refractivity contribution in [2.24, 2.45) is 0 Å². The second kappa shape index (κ2) is 6.80. The molecule has 0 atom stereocenters. The van der Waals surface area contributed by atoms with E-state index in [1.54, 1.807) is 12.1 Å². The largest absolute Gasteiger partial charge is 0.491 e. The first-order chi connectivity index (χ1) is 7.24. The minimum atomic E-state index is -0.287. The summed E-state index contributed by atoms with van der Waals surface area (Å²) < 4.78 is 23.9. The third-order valence-electron chi connectivity index (χ3n) is 1.74. The van der Waals surface area contributed by atoms with Crippen molar-refractivity contribution in [1.29, 1.82) is 0 Å². The van der Waals surface area contributed by atoms with E-state index in [0.717, 1.165) is 13.0 Å². The Hall–Kier alpha value is -0.610. The van der Waals surface area contributed by atoms with Crippen molar-refractivity contribution in [1.82, 2.24) is 0 Å². The van der Waals surface area contributed by atoms with Crippen molar-refractivity contribution in [3.8, 4) is 5.75 Å². The van der Waals surface area contributed by atoms with Gasteiger partial charge < -0.3 is 9.47 Å². The smallest absolute Gasteiger partial charge is 0.137 e. The van der Waals surface area contributed by atoms with Crippen molar-refractivity contribution in [3.05, 3.63) is 28.5 Å². The fourth-order valence-electron chi connectivity index (χ4n) is 1.03. The van der Waals surface area contributed by atoms with Crippen molar-refractivity contribution in [3.63, 3.8) is 0 Å². The summed E-state index contributed by atoms with van der Waals surface area (Å²) in [5.74, 6) is 0.355. The van der Waals surface area contributed by atoms with Gasteiger partial charge >= 0.3 is 0 Å². The molecule has 0 aromatic heterocycles. The van der Waals surface area contributed by atoms with Crippen LogP contribution in [0.15, 0.2) is 22.7 Å². The lowest BCUT2D eigenvalue weighted by atomic mass is 10.3. The van der Waals surface area contributed by atoms with E-state index in [4.69, 9.17) is 9.47 Å². The van der Waals surface area contributed by atoms with Crippen LogP contribution in [0.3, 0.4) is 0 Å². The van der Waals surface area contributed by atoms with Gasteiger partial charge in [0, 0.05) is 6.61 Å². The lowest BCUT2D eigenvalue weighted by molar-refractivity contribution is 0.101. The molecule has 0 heterocycles. The highest BCUT2D eigenvalue weighted by molar-refractivity contribution is 9.10. The summed E-state index contributed by atoms with van der Waals surface area (Å²) in [5.41, 5.74) is 0. The lowest BCUT2D eigenvalue weighted by Gasteiger charge is -2.07. The van der Waals surface area contributed by atoms with Crippen LogP contribution in [0.25, 0.3) is 0 Å². The molecule has 0 saturated carbocycles. The molecule has 1 rings (SSSR count). The molecule has 0 aliphatic rings. The third kappa shape index (κ3) is 4.62. The second-order valence-corrected chi connectivity index (χ2v) is 3.89. The van der Waals surface area contributed by atoms with Crippen LogP contribution in [0.2, 0.25) is 0 Å². The van der Waals surface area contributed by atoms with Gasteiger partial charge in [0.15, 0.2) is 0 Å². The zero-order valence-electron chi connectivity index (χ0n) is 8.63. The molecule has 0 unspecified atom stereocenters.